The normalized spacial score (nSPS) is 10.9. The number of carbonyl (C=O) groups is 1. The van der Waals surface area contributed by atoms with E-state index in [4.69, 9.17) is 0 Å². The molecule has 1 aromatic carbocycles. The van der Waals surface area contributed by atoms with E-state index in [9.17, 15) is 4.79 Å². The topological polar surface area (TPSA) is 70.7 Å². The van der Waals surface area contributed by atoms with E-state index >= 15 is 0 Å². The number of carbonyl (C=O) groups excluding carboxylic acids is 1. The first-order valence-corrected chi connectivity index (χ1v) is 7.64. The zero-order valence-corrected chi connectivity index (χ0v) is 13.6. The van der Waals surface area contributed by atoms with Gasteiger partial charge < -0.3 is 5.32 Å². The van der Waals surface area contributed by atoms with Crippen molar-refractivity contribution in [3.05, 3.63) is 71.6 Å². The van der Waals surface area contributed by atoms with Crippen LogP contribution in [0.2, 0.25) is 0 Å². The minimum Gasteiger partial charge on any atom is -0.305 e. The Labute approximate surface area is 140 Å². The lowest BCUT2D eigenvalue weighted by Crippen LogP contribution is -2.09. The molecule has 0 unspecified atom stereocenters. The van der Waals surface area contributed by atoms with Crippen LogP contribution in [0.15, 0.2) is 54.9 Å². The molecule has 3 rings (SSSR count). The Morgan fingerprint density at radius 1 is 1.17 bits per heavy atom. The maximum Gasteiger partial charge on any atom is 0.249 e. The first-order valence-electron chi connectivity index (χ1n) is 7.64. The van der Waals surface area contributed by atoms with Crippen LogP contribution < -0.4 is 5.32 Å². The minimum atomic E-state index is -0.215. The Bertz CT molecular complexity index is 881. The molecule has 0 saturated carbocycles. The van der Waals surface area contributed by atoms with Crippen molar-refractivity contribution in [3.8, 4) is 11.3 Å². The summed E-state index contributed by atoms with van der Waals surface area (Å²) < 4.78 is 0. The van der Waals surface area contributed by atoms with Crippen molar-refractivity contribution in [2.45, 2.75) is 13.8 Å². The number of aryl methyl sites for hydroxylation is 1. The molecule has 0 saturated heterocycles. The molecule has 5 heteroatoms. The standard InChI is InChI=1S/C19H18N4O/c1-13-4-3-5-15(12-13)6-7-17(24)21-19-14(2)18(22-23-19)16-8-10-20-11-9-16/h3-12H,1-2H3,(H2,21,22,23,24). The highest BCUT2D eigenvalue weighted by atomic mass is 16.1. The fraction of sp³-hybridized carbons (Fsp3) is 0.105. The molecule has 2 N–H and O–H groups in total. The van der Waals surface area contributed by atoms with Gasteiger partial charge in [-0.15, -0.1) is 0 Å². The third kappa shape index (κ3) is 3.57. The zero-order valence-electron chi connectivity index (χ0n) is 13.6. The van der Waals surface area contributed by atoms with Crippen molar-refractivity contribution in [2.24, 2.45) is 0 Å². The lowest BCUT2D eigenvalue weighted by molar-refractivity contribution is -0.111. The maximum absolute atomic E-state index is 12.1. The molecule has 24 heavy (non-hydrogen) atoms. The van der Waals surface area contributed by atoms with Crippen LogP contribution in [0.5, 0.6) is 0 Å². The number of H-pyrrole nitrogens is 1. The third-order valence-electron chi connectivity index (χ3n) is 3.69. The number of hydrogen-bond acceptors (Lipinski definition) is 3. The highest BCUT2D eigenvalue weighted by Crippen LogP contribution is 2.25. The third-order valence-corrected chi connectivity index (χ3v) is 3.69. The number of aromatic amines is 1. The molecule has 0 aliphatic heterocycles. The molecule has 2 heterocycles. The van der Waals surface area contributed by atoms with Crippen LogP contribution in [-0.4, -0.2) is 21.1 Å². The van der Waals surface area contributed by atoms with E-state index in [2.05, 4.69) is 20.5 Å². The second-order valence-corrected chi connectivity index (χ2v) is 5.54. The summed E-state index contributed by atoms with van der Waals surface area (Å²) in [4.78, 5) is 16.1. The quantitative estimate of drug-likeness (QED) is 0.720. The number of amides is 1. The van der Waals surface area contributed by atoms with Crippen LogP contribution in [0.1, 0.15) is 16.7 Å². The molecule has 0 aliphatic carbocycles. The molecular weight excluding hydrogens is 300 g/mol. The number of benzene rings is 1. The van der Waals surface area contributed by atoms with Crippen molar-refractivity contribution in [1.29, 1.82) is 0 Å². The number of aromatic nitrogens is 3. The Morgan fingerprint density at radius 3 is 2.71 bits per heavy atom. The van der Waals surface area contributed by atoms with Crippen molar-refractivity contribution in [1.82, 2.24) is 15.2 Å². The fourth-order valence-electron chi connectivity index (χ4n) is 2.42. The lowest BCUT2D eigenvalue weighted by atomic mass is 10.1. The maximum atomic E-state index is 12.1. The van der Waals surface area contributed by atoms with E-state index in [1.807, 2.05) is 50.2 Å². The van der Waals surface area contributed by atoms with Crippen LogP contribution in [0.4, 0.5) is 5.82 Å². The molecule has 120 valence electrons. The Balaban J connectivity index is 1.72. The van der Waals surface area contributed by atoms with Gasteiger partial charge in [0, 0.05) is 29.6 Å². The summed E-state index contributed by atoms with van der Waals surface area (Å²) in [5.41, 5.74) is 4.88. The Kier molecular flexibility index (Phi) is 4.52. The SMILES string of the molecule is Cc1cccc(C=CC(=O)Nc2n[nH]c(-c3ccncc3)c2C)c1. The van der Waals surface area contributed by atoms with Gasteiger partial charge in [-0.1, -0.05) is 29.8 Å². The van der Waals surface area contributed by atoms with Gasteiger partial charge in [0.15, 0.2) is 5.82 Å². The van der Waals surface area contributed by atoms with Crippen molar-refractivity contribution in [3.63, 3.8) is 0 Å². The second kappa shape index (κ2) is 6.91. The summed E-state index contributed by atoms with van der Waals surface area (Å²) in [6.45, 7) is 3.93. The van der Waals surface area contributed by atoms with E-state index in [1.54, 1.807) is 18.5 Å². The predicted molar refractivity (Wildman–Crippen MR) is 95.4 cm³/mol. The van der Waals surface area contributed by atoms with Gasteiger partial charge >= 0.3 is 0 Å². The largest absolute Gasteiger partial charge is 0.305 e. The molecule has 0 radical (unpaired) electrons. The van der Waals surface area contributed by atoms with Gasteiger partial charge in [-0.2, -0.15) is 5.10 Å². The number of nitrogens with one attached hydrogen (secondary N) is 2. The van der Waals surface area contributed by atoms with Crippen molar-refractivity contribution >= 4 is 17.8 Å². The van der Waals surface area contributed by atoms with Gasteiger partial charge in [0.25, 0.3) is 0 Å². The number of rotatable bonds is 4. The molecule has 5 nitrogen and oxygen atoms in total. The molecule has 0 aliphatic rings. The van der Waals surface area contributed by atoms with Gasteiger partial charge in [0.1, 0.15) is 0 Å². The monoisotopic (exact) mass is 318 g/mol. The van der Waals surface area contributed by atoms with E-state index < -0.39 is 0 Å². The molecule has 0 fully saturated rings. The fourth-order valence-corrected chi connectivity index (χ4v) is 2.42. The molecule has 0 spiro atoms. The first-order chi connectivity index (χ1) is 11.6. The van der Waals surface area contributed by atoms with Crippen molar-refractivity contribution in [2.75, 3.05) is 5.32 Å². The summed E-state index contributed by atoms with van der Waals surface area (Å²) in [5, 5.41) is 9.95. The van der Waals surface area contributed by atoms with Gasteiger partial charge in [0.2, 0.25) is 5.91 Å². The van der Waals surface area contributed by atoms with E-state index in [-0.39, 0.29) is 5.91 Å². The summed E-state index contributed by atoms with van der Waals surface area (Å²) in [6, 6.07) is 11.7. The summed E-state index contributed by atoms with van der Waals surface area (Å²) in [6.07, 6.45) is 6.74. The Morgan fingerprint density at radius 2 is 1.96 bits per heavy atom. The number of anilines is 1. The number of nitrogens with zero attached hydrogens (tertiary/aromatic N) is 2. The molecule has 3 aromatic rings. The zero-order chi connectivity index (χ0) is 16.9. The number of hydrogen-bond donors (Lipinski definition) is 2. The molecule has 0 atom stereocenters. The van der Waals surface area contributed by atoms with Gasteiger partial charge in [-0.05, 0) is 37.6 Å². The summed E-state index contributed by atoms with van der Waals surface area (Å²) >= 11 is 0. The summed E-state index contributed by atoms with van der Waals surface area (Å²) in [5.74, 6) is 0.313. The summed E-state index contributed by atoms with van der Waals surface area (Å²) in [7, 11) is 0. The molecule has 1 amide bonds. The van der Waals surface area contributed by atoms with Crippen LogP contribution >= 0.6 is 0 Å². The van der Waals surface area contributed by atoms with E-state index in [0.29, 0.717) is 5.82 Å². The van der Waals surface area contributed by atoms with Crippen LogP contribution in [0.3, 0.4) is 0 Å². The van der Waals surface area contributed by atoms with Crippen LogP contribution in [0.25, 0.3) is 17.3 Å². The van der Waals surface area contributed by atoms with Gasteiger partial charge in [-0.3, -0.25) is 14.9 Å². The molecule has 0 bridgehead atoms. The number of pyridine rings is 1. The smallest absolute Gasteiger partial charge is 0.249 e. The minimum absolute atomic E-state index is 0.215. The van der Waals surface area contributed by atoms with Crippen molar-refractivity contribution < 1.29 is 4.79 Å². The average molecular weight is 318 g/mol. The van der Waals surface area contributed by atoms with Gasteiger partial charge in [0.05, 0.1) is 5.69 Å². The van der Waals surface area contributed by atoms with Gasteiger partial charge in [-0.25, -0.2) is 0 Å². The highest BCUT2D eigenvalue weighted by Gasteiger charge is 2.11. The first kappa shape index (κ1) is 15.7. The van der Waals surface area contributed by atoms with E-state index in [0.717, 1.165) is 27.9 Å². The Hall–Kier alpha value is -3.21. The average Bonchev–Trinajstić information content (AvgIpc) is 2.95. The second-order valence-electron chi connectivity index (χ2n) is 5.54. The molecular formula is C19H18N4O. The highest BCUT2D eigenvalue weighted by molar-refractivity contribution is 6.02. The van der Waals surface area contributed by atoms with Crippen LogP contribution in [-0.2, 0) is 4.79 Å². The van der Waals surface area contributed by atoms with Crippen LogP contribution in [0, 0.1) is 13.8 Å². The lowest BCUT2D eigenvalue weighted by Gasteiger charge is -2.01. The van der Waals surface area contributed by atoms with E-state index in [1.165, 1.54) is 6.08 Å². The predicted octanol–water partition coefficient (Wildman–Crippen LogP) is 3.74. The molecule has 2 aromatic heterocycles.